The molecule has 122 valence electrons. The zero-order chi connectivity index (χ0) is 17.0. The molecule has 23 heavy (non-hydrogen) atoms. The lowest BCUT2D eigenvalue weighted by atomic mass is 10.00. The van der Waals surface area contributed by atoms with Crippen LogP contribution < -0.4 is 10.1 Å². The second-order valence-corrected chi connectivity index (χ2v) is 6.36. The van der Waals surface area contributed by atoms with Gasteiger partial charge in [-0.15, -0.1) is 0 Å². The Kier molecular flexibility index (Phi) is 5.91. The Morgan fingerprint density at radius 2 is 1.91 bits per heavy atom. The number of carbonyl (C=O) groups excluding carboxylic acids is 1. The highest BCUT2D eigenvalue weighted by molar-refractivity contribution is 6.35. The number of hydrogen-bond donors (Lipinski definition) is 1. The van der Waals surface area contributed by atoms with Crippen molar-refractivity contribution >= 4 is 29.1 Å². The molecular weight excluding hydrogens is 333 g/mol. The Labute approximate surface area is 146 Å². The second kappa shape index (κ2) is 7.71. The molecule has 0 aliphatic carbocycles. The summed E-state index contributed by atoms with van der Waals surface area (Å²) in [5.41, 5.74) is 3.41. The van der Waals surface area contributed by atoms with Crippen molar-refractivity contribution in [3.8, 4) is 5.75 Å². The average Bonchev–Trinajstić information content (AvgIpc) is 2.48. The topological polar surface area (TPSA) is 38.3 Å². The Bertz CT molecular complexity index is 716. The molecule has 0 aromatic heterocycles. The predicted molar refractivity (Wildman–Crippen MR) is 94.4 cm³/mol. The molecule has 0 saturated carbocycles. The normalized spacial score (nSPS) is 11.9. The second-order valence-electron chi connectivity index (χ2n) is 5.51. The fourth-order valence-electron chi connectivity index (χ4n) is 2.32. The number of ether oxygens (including phenoxy) is 1. The highest BCUT2D eigenvalue weighted by Crippen LogP contribution is 2.27. The largest absolute Gasteiger partial charge is 0.482 e. The quantitative estimate of drug-likeness (QED) is 0.834. The Hall–Kier alpha value is -1.71. The van der Waals surface area contributed by atoms with Gasteiger partial charge in [-0.3, -0.25) is 4.79 Å². The summed E-state index contributed by atoms with van der Waals surface area (Å²) in [6.07, 6.45) is 0. The molecule has 2 rings (SSSR count). The van der Waals surface area contributed by atoms with Crippen LogP contribution in [0.2, 0.25) is 10.0 Å². The summed E-state index contributed by atoms with van der Waals surface area (Å²) < 4.78 is 5.44. The third kappa shape index (κ3) is 4.88. The van der Waals surface area contributed by atoms with Crippen LogP contribution in [0.15, 0.2) is 36.4 Å². The fourth-order valence-corrected chi connectivity index (χ4v) is 2.79. The Morgan fingerprint density at radius 1 is 1.17 bits per heavy atom. The monoisotopic (exact) mass is 351 g/mol. The van der Waals surface area contributed by atoms with Crippen LogP contribution in [0, 0.1) is 13.8 Å². The molecule has 0 aliphatic rings. The molecule has 1 atom stereocenters. The van der Waals surface area contributed by atoms with Crippen LogP contribution >= 0.6 is 23.2 Å². The van der Waals surface area contributed by atoms with Crippen molar-refractivity contribution in [2.45, 2.75) is 26.8 Å². The molecule has 0 bridgehead atoms. The highest BCUT2D eigenvalue weighted by atomic mass is 35.5. The van der Waals surface area contributed by atoms with Crippen molar-refractivity contribution in [3.63, 3.8) is 0 Å². The maximum Gasteiger partial charge on any atom is 0.258 e. The molecule has 0 spiro atoms. The van der Waals surface area contributed by atoms with E-state index < -0.39 is 0 Å². The van der Waals surface area contributed by atoms with Gasteiger partial charge >= 0.3 is 0 Å². The summed E-state index contributed by atoms with van der Waals surface area (Å²) in [7, 11) is 0. The minimum absolute atomic E-state index is 0.0910. The molecule has 1 unspecified atom stereocenters. The minimum Gasteiger partial charge on any atom is -0.482 e. The molecule has 5 heteroatoms. The molecule has 0 saturated heterocycles. The van der Waals surface area contributed by atoms with Gasteiger partial charge in [-0.05, 0) is 50.1 Å². The fraction of sp³-hybridized carbons (Fsp3) is 0.278. The number of rotatable bonds is 5. The van der Waals surface area contributed by atoms with Crippen LogP contribution in [0.5, 0.6) is 5.75 Å². The first kappa shape index (κ1) is 17.6. The van der Waals surface area contributed by atoms with Gasteiger partial charge in [0.15, 0.2) is 6.61 Å². The first-order valence-corrected chi connectivity index (χ1v) is 8.07. The van der Waals surface area contributed by atoms with Gasteiger partial charge in [-0.25, -0.2) is 0 Å². The molecule has 2 aromatic carbocycles. The summed E-state index contributed by atoms with van der Waals surface area (Å²) in [5, 5.41) is 3.84. The van der Waals surface area contributed by atoms with E-state index in [1.807, 2.05) is 20.8 Å². The zero-order valence-corrected chi connectivity index (χ0v) is 14.8. The zero-order valence-electron chi connectivity index (χ0n) is 13.3. The maximum absolute atomic E-state index is 12.1. The molecule has 1 N–H and O–H groups in total. The third-order valence-electron chi connectivity index (χ3n) is 3.53. The molecule has 0 aliphatic heterocycles. The van der Waals surface area contributed by atoms with E-state index in [2.05, 4.69) is 23.5 Å². The summed E-state index contributed by atoms with van der Waals surface area (Å²) in [4.78, 5) is 12.1. The van der Waals surface area contributed by atoms with E-state index >= 15 is 0 Å². The maximum atomic E-state index is 12.1. The van der Waals surface area contributed by atoms with Crippen LogP contribution in [0.3, 0.4) is 0 Å². The standard InChI is InChI=1S/C18H19Cl2NO2/c1-11-4-5-12(2)15(8-11)13(3)21-18(22)10-23-17-7-6-14(19)9-16(17)20/h4-9,13H,10H2,1-3H3,(H,21,22). The van der Waals surface area contributed by atoms with E-state index in [-0.39, 0.29) is 18.6 Å². The molecule has 3 nitrogen and oxygen atoms in total. The number of halogens is 2. The molecular formula is C18H19Cl2NO2. The van der Waals surface area contributed by atoms with Crippen molar-refractivity contribution in [1.29, 1.82) is 0 Å². The summed E-state index contributed by atoms with van der Waals surface area (Å²) in [6.45, 7) is 5.91. The molecule has 0 heterocycles. The SMILES string of the molecule is Cc1ccc(C)c(C(C)NC(=O)COc2ccc(Cl)cc2Cl)c1. The van der Waals surface area contributed by atoms with Crippen molar-refractivity contribution < 1.29 is 9.53 Å². The summed E-state index contributed by atoms with van der Waals surface area (Å²) in [6, 6.07) is 11.0. The molecule has 1 amide bonds. The van der Waals surface area contributed by atoms with E-state index in [1.54, 1.807) is 18.2 Å². The van der Waals surface area contributed by atoms with E-state index in [1.165, 1.54) is 0 Å². The lowest BCUT2D eigenvalue weighted by Gasteiger charge is -2.17. The number of benzene rings is 2. The Morgan fingerprint density at radius 3 is 2.61 bits per heavy atom. The van der Waals surface area contributed by atoms with Crippen molar-refractivity contribution in [2.24, 2.45) is 0 Å². The van der Waals surface area contributed by atoms with Gasteiger partial charge < -0.3 is 10.1 Å². The van der Waals surface area contributed by atoms with E-state index in [9.17, 15) is 4.79 Å². The summed E-state index contributed by atoms with van der Waals surface area (Å²) >= 11 is 11.8. The number of carbonyl (C=O) groups is 1. The highest BCUT2D eigenvalue weighted by Gasteiger charge is 2.13. The van der Waals surface area contributed by atoms with Gasteiger partial charge in [0.1, 0.15) is 5.75 Å². The number of amides is 1. The first-order valence-electron chi connectivity index (χ1n) is 7.31. The van der Waals surface area contributed by atoms with Gasteiger partial charge in [0.05, 0.1) is 11.1 Å². The minimum atomic E-state index is -0.204. The smallest absolute Gasteiger partial charge is 0.258 e. The number of hydrogen-bond acceptors (Lipinski definition) is 2. The van der Waals surface area contributed by atoms with Crippen LogP contribution in [-0.4, -0.2) is 12.5 Å². The average molecular weight is 352 g/mol. The Balaban J connectivity index is 1.95. The third-order valence-corrected chi connectivity index (χ3v) is 4.06. The van der Waals surface area contributed by atoms with Crippen LogP contribution in [0.1, 0.15) is 29.7 Å². The lowest BCUT2D eigenvalue weighted by molar-refractivity contribution is -0.123. The van der Waals surface area contributed by atoms with Crippen LogP contribution in [0.4, 0.5) is 0 Å². The van der Waals surface area contributed by atoms with Gasteiger partial charge in [-0.1, -0.05) is 47.0 Å². The van der Waals surface area contributed by atoms with Gasteiger partial charge in [0.25, 0.3) is 5.91 Å². The van der Waals surface area contributed by atoms with Crippen LogP contribution in [0.25, 0.3) is 0 Å². The molecule has 2 aromatic rings. The van der Waals surface area contributed by atoms with E-state index in [4.69, 9.17) is 27.9 Å². The summed E-state index contributed by atoms with van der Waals surface area (Å²) in [5.74, 6) is 0.232. The number of aryl methyl sites for hydroxylation is 2. The molecule has 0 fully saturated rings. The van der Waals surface area contributed by atoms with Gasteiger partial charge in [0.2, 0.25) is 0 Å². The first-order chi connectivity index (χ1) is 10.9. The molecule has 0 radical (unpaired) electrons. The van der Waals surface area contributed by atoms with Gasteiger partial charge in [-0.2, -0.15) is 0 Å². The van der Waals surface area contributed by atoms with E-state index in [0.717, 1.165) is 16.7 Å². The van der Waals surface area contributed by atoms with Crippen molar-refractivity contribution in [2.75, 3.05) is 6.61 Å². The number of nitrogens with one attached hydrogen (secondary N) is 1. The predicted octanol–water partition coefficient (Wildman–Crippen LogP) is 4.87. The van der Waals surface area contributed by atoms with Crippen LogP contribution in [-0.2, 0) is 4.79 Å². The van der Waals surface area contributed by atoms with E-state index in [0.29, 0.717) is 15.8 Å². The van der Waals surface area contributed by atoms with Crippen molar-refractivity contribution in [3.05, 3.63) is 63.1 Å². The van der Waals surface area contributed by atoms with Gasteiger partial charge in [0, 0.05) is 5.02 Å². The lowest BCUT2D eigenvalue weighted by Crippen LogP contribution is -2.31. The van der Waals surface area contributed by atoms with Crippen molar-refractivity contribution in [1.82, 2.24) is 5.32 Å².